The Labute approximate surface area is 95.1 Å². The van der Waals surface area contributed by atoms with Gasteiger partial charge in [-0.3, -0.25) is 0 Å². The highest BCUT2D eigenvalue weighted by Gasteiger charge is 2.24. The average molecular weight is 260 g/mol. The van der Waals surface area contributed by atoms with E-state index < -0.39 is 50.6 Å². The highest BCUT2D eigenvalue weighted by Crippen LogP contribution is 2.25. The number of hydrogen-bond acceptors (Lipinski definition) is 0. The molecule has 0 bridgehead atoms. The summed E-state index contributed by atoms with van der Waals surface area (Å²) in [5.41, 5.74) is 0. The second-order valence-electron chi connectivity index (χ2n) is 3.79. The van der Waals surface area contributed by atoms with Crippen LogP contribution in [0.15, 0.2) is 12.1 Å². The molecule has 0 heterocycles. The SMILES string of the molecule is Fc1ccc2c(c1F)=c1c(F)c(F)c(F)c(F)c1=2. The van der Waals surface area contributed by atoms with Crippen molar-refractivity contribution in [3.63, 3.8) is 0 Å². The van der Waals surface area contributed by atoms with Crippen LogP contribution in [0.3, 0.4) is 0 Å². The Kier molecular flexibility index (Phi) is 2.03. The first-order valence-electron chi connectivity index (χ1n) is 4.79. The van der Waals surface area contributed by atoms with Crippen LogP contribution in [0, 0.1) is 55.8 Å². The number of benzene rings is 2. The summed E-state index contributed by atoms with van der Waals surface area (Å²) in [4.78, 5) is 0. The zero-order chi connectivity index (χ0) is 13.2. The fraction of sp³-hybridized carbons (Fsp3) is 0. The van der Waals surface area contributed by atoms with E-state index in [0.29, 0.717) is 6.07 Å². The van der Waals surface area contributed by atoms with Crippen LogP contribution in [-0.2, 0) is 0 Å². The predicted molar refractivity (Wildman–Crippen MR) is 48.0 cm³/mol. The number of hydrogen-bond donors (Lipinski definition) is 0. The molecule has 3 rings (SSSR count). The summed E-state index contributed by atoms with van der Waals surface area (Å²) >= 11 is 0. The lowest BCUT2D eigenvalue weighted by Gasteiger charge is -2.09. The van der Waals surface area contributed by atoms with Crippen molar-refractivity contribution in [2.75, 3.05) is 0 Å². The molecule has 2 aromatic rings. The topological polar surface area (TPSA) is 0 Å². The van der Waals surface area contributed by atoms with Crippen molar-refractivity contribution in [3.05, 3.63) is 67.9 Å². The molecule has 0 aromatic heterocycles. The molecular weight excluding hydrogens is 258 g/mol. The van der Waals surface area contributed by atoms with Crippen molar-refractivity contribution in [2.24, 2.45) is 0 Å². The molecule has 0 nitrogen and oxygen atoms in total. The van der Waals surface area contributed by atoms with E-state index in [1.165, 1.54) is 0 Å². The minimum absolute atomic E-state index is 0.181. The van der Waals surface area contributed by atoms with E-state index >= 15 is 0 Å². The highest BCUT2D eigenvalue weighted by molar-refractivity contribution is 5.33. The molecule has 0 unspecified atom stereocenters. The van der Waals surface area contributed by atoms with Crippen LogP contribution >= 0.6 is 0 Å². The first-order chi connectivity index (χ1) is 8.45. The molecule has 92 valence electrons. The summed E-state index contributed by atoms with van der Waals surface area (Å²) in [6.45, 7) is 0. The maximum atomic E-state index is 13.4. The Morgan fingerprint density at radius 3 is 1.67 bits per heavy atom. The van der Waals surface area contributed by atoms with Gasteiger partial charge in [-0.05, 0) is 11.3 Å². The molecular formula is C12H2F6. The van der Waals surface area contributed by atoms with Gasteiger partial charge in [0, 0.05) is 15.7 Å². The van der Waals surface area contributed by atoms with Crippen LogP contribution in [0.1, 0.15) is 0 Å². The molecule has 0 aliphatic heterocycles. The monoisotopic (exact) mass is 260 g/mol. The second-order valence-corrected chi connectivity index (χ2v) is 3.79. The number of fused-ring (bicyclic) bond motifs is 2. The second kappa shape index (κ2) is 3.28. The predicted octanol–water partition coefficient (Wildman–Crippen LogP) is 3.41. The van der Waals surface area contributed by atoms with Crippen molar-refractivity contribution in [3.8, 4) is 0 Å². The van der Waals surface area contributed by atoms with E-state index in [2.05, 4.69) is 0 Å². The van der Waals surface area contributed by atoms with E-state index in [1.807, 2.05) is 0 Å². The van der Waals surface area contributed by atoms with Gasteiger partial charge in [0.05, 0.1) is 0 Å². The smallest absolute Gasteiger partial charge is 0.198 e. The van der Waals surface area contributed by atoms with Crippen molar-refractivity contribution >= 4 is 0 Å². The number of halogens is 6. The van der Waals surface area contributed by atoms with Gasteiger partial charge in [0.1, 0.15) is 0 Å². The molecule has 0 spiro atoms. The normalized spacial score (nSPS) is 11.9. The average Bonchev–Trinajstić information content (AvgIpc) is 2.31. The van der Waals surface area contributed by atoms with Gasteiger partial charge in [-0.1, -0.05) is 6.07 Å². The molecule has 1 aliphatic rings. The molecule has 2 aromatic carbocycles. The lowest BCUT2D eigenvalue weighted by molar-refractivity contribution is 0.399. The van der Waals surface area contributed by atoms with Crippen LogP contribution in [0.25, 0.3) is 0 Å². The molecule has 0 saturated heterocycles. The Bertz CT molecular complexity index is 885. The van der Waals surface area contributed by atoms with Gasteiger partial charge in [-0.15, -0.1) is 0 Å². The standard InChI is InChI=1S/C12H2F6/c13-4-2-1-3-5(8(4)14)7-6(3)9(15)11(17)12(18)10(7)16/h1-2H. The summed E-state index contributed by atoms with van der Waals surface area (Å²) in [6.07, 6.45) is 0. The maximum absolute atomic E-state index is 13.4. The molecule has 0 radical (unpaired) electrons. The van der Waals surface area contributed by atoms with Gasteiger partial charge in [-0.2, -0.15) is 0 Å². The van der Waals surface area contributed by atoms with Crippen LogP contribution in [-0.4, -0.2) is 0 Å². The van der Waals surface area contributed by atoms with E-state index in [0.717, 1.165) is 6.07 Å². The van der Waals surface area contributed by atoms with Crippen LogP contribution in [0.4, 0.5) is 26.3 Å². The Morgan fingerprint density at radius 2 is 1.06 bits per heavy atom. The fourth-order valence-electron chi connectivity index (χ4n) is 2.06. The summed E-state index contributed by atoms with van der Waals surface area (Å²) < 4.78 is 79.1. The van der Waals surface area contributed by atoms with E-state index in [9.17, 15) is 26.3 Å². The summed E-state index contributed by atoms with van der Waals surface area (Å²) in [5, 5.41) is -2.08. The van der Waals surface area contributed by atoms with Crippen LogP contribution in [0.5, 0.6) is 0 Å². The van der Waals surface area contributed by atoms with Crippen molar-refractivity contribution < 1.29 is 26.3 Å². The van der Waals surface area contributed by atoms with Crippen LogP contribution in [0.2, 0.25) is 0 Å². The minimum Gasteiger partial charge on any atom is -0.204 e. The van der Waals surface area contributed by atoms with Gasteiger partial charge in [0.25, 0.3) is 0 Å². The third kappa shape index (κ3) is 1.07. The summed E-state index contributed by atoms with van der Waals surface area (Å²) in [5.74, 6) is -10.0. The third-order valence-corrected chi connectivity index (χ3v) is 2.88. The van der Waals surface area contributed by atoms with E-state index in [4.69, 9.17) is 0 Å². The Balaban J connectivity index is 2.72. The van der Waals surface area contributed by atoms with E-state index in [-0.39, 0.29) is 5.22 Å². The molecule has 0 saturated carbocycles. The maximum Gasteiger partial charge on any atom is 0.198 e. The third-order valence-electron chi connectivity index (χ3n) is 2.88. The van der Waals surface area contributed by atoms with Crippen LogP contribution < -0.4 is 0 Å². The lowest BCUT2D eigenvalue weighted by atomic mass is 9.99. The zero-order valence-corrected chi connectivity index (χ0v) is 8.42. The van der Waals surface area contributed by atoms with Crippen molar-refractivity contribution in [1.82, 2.24) is 0 Å². The summed E-state index contributed by atoms with van der Waals surface area (Å²) in [7, 11) is 0. The first-order valence-corrected chi connectivity index (χ1v) is 4.79. The highest BCUT2D eigenvalue weighted by atomic mass is 19.2. The lowest BCUT2D eigenvalue weighted by Crippen LogP contribution is -2.08. The minimum atomic E-state index is -2.04. The quantitative estimate of drug-likeness (QED) is 0.330. The van der Waals surface area contributed by atoms with Crippen molar-refractivity contribution in [1.29, 1.82) is 0 Å². The molecule has 0 fully saturated rings. The van der Waals surface area contributed by atoms with Gasteiger partial charge in [0.15, 0.2) is 34.9 Å². The van der Waals surface area contributed by atoms with Gasteiger partial charge < -0.3 is 0 Å². The van der Waals surface area contributed by atoms with Gasteiger partial charge >= 0.3 is 0 Å². The Morgan fingerprint density at radius 1 is 0.500 bits per heavy atom. The molecule has 18 heavy (non-hydrogen) atoms. The molecule has 1 aliphatic carbocycles. The molecule has 0 N–H and O–H groups in total. The van der Waals surface area contributed by atoms with E-state index in [1.54, 1.807) is 0 Å². The first kappa shape index (κ1) is 11.1. The van der Waals surface area contributed by atoms with Gasteiger partial charge in [0.2, 0.25) is 0 Å². The van der Waals surface area contributed by atoms with Crippen molar-refractivity contribution in [2.45, 2.75) is 0 Å². The Hall–Kier alpha value is -1.98. The largest absolute Gasteiger partial charge is 0.204 e. The molecule has 0 atom stereocenters. The molecule has 6 heteroatoms. The number of rotatable bonds is 0. The fourth-order valence-corrected chi connectivity index (χ4v) is 2.06. The molecule has 0 amide bonds. The zero-order valence-electron chi connectivity index (χ0n) is 8.42. The van der Waals surface area contributed by atoms with Gasteiger partial charge in [-0.25, -0.2) is 26.3 Å². The summed E-state index contributed by atoms with van der Waals surface area (Å²) in [6, 6.07) is 1.69.